The van der Waals surface area contributed by atoms with Gasteiger partial charge < -0.3 is 15.2 Å². The SMILES string of the molecule is COc1cccc(-c2c(CN)nnn2-c2ccccc2OC)c1. The highest BCUT2D eigenvalue weighted by atomic mass is 16.5. The van der Waals surface area contributed by atoms with Crippen molar-refractivity contribution in [3.05, 3.63) is 54.2 Å². The zero-order chi connectivity index (χ0) is 16.2. The van der Waals surface area contributed by atoms with E-state index in [1.807, 2.05) is 48.5 Å². The van der Waals surface area contributed by atoms with Crippen molar-refractivity contribution in [1.82, 2.24) is 15.0 Å². The van der Waals surface area contributed by atoms with Gasteiger partial charge in [-0.2, -0.15) is 0 Å². The van der Waals surface area contributed by atoms with E-state index >= 15 is 0 Å². The molecular weight excluding hydrogens is 292 g/mol. The maximum Gasteiger partial charge on any atom is 0.144 e. The molecule has 0 aliphatic rings. The van der Waals surface area contributed by atoms with Crippen LogP contribution in [0.1, 0.15) is 5.69 Å². The Morgan fingerprint density at radius 3 is 2.61 bits per heavy atom. The molecule has 0 radical (unpaired) electrons. The predicted molar refractivity (Wildman–Crippen MR) is 87.8 cm³/mol. The molecule has 23 heavy (non-hydrogen) atoms. The molecule has 6 nitrogen and oxygen atoms in total. The van der Waals surface area contributed by atoms with Crippen molar-refractivity contribution in [3.8, 4) is 28.4 Å². The molecule has 0 unspecified atom stereocenters. The Labute approximate surface area is 134 Å². The van der Waals surface area contributed by atoms with Gasteiger partial charge in [-0.3, -0.25) is 0 Å². The number of benzene rings is 2. The van der Waals surface area contributed by atoms with Crippen LogP contribution in [0.4, 0.5) is 0 Å². The first kappa shape index (κ1) is 15.1. The van der Waals surface area contributed by atoms with Crippen LogP contribution in [-0.4, -0.2) is 29.2 Å². The highest BCUT2D eigenvalue weighted by Crippen LogP contribution is 2.31. The van der Waals surface area contributed by atoms with E-state index in [4.69, 9.17) is 15.2 Å². The number of nitrogens with two attached hydrogens (primary N) is 1. The summed E-state index contributed by atoms with van der Waals surface area (Å²) < 4.78 is 12.5. The summed E-state index contributed by atoms with van der Waals surface area (Å²) in [6, 6.07) is 15.4. The monoisotopic (exact) mass is 310 g/mol. The second kappa shape index (κ2) is 6.50. The van der Waals surface area contributed by atoms with Crippen molar-refractivity contribution in [2.75, 3.05) is 14.2 Å². The van der Waals surface area contributed by atoms with E-state index in [-0.39, 0.29) is 0 Å². The summed E-state index contributed by atoms with van der Waals surface area (Å²) in [6.45, 7) is 0.293. The Morgan fingerprint density at radius 1 is 1.04 bits per heavy atom. The van der Waals surface area contributed by atoms with Crippen LogP contribution in [0.5, 0.6) is 11.5 Å². The minimum Gasteiger partial charge on any atom is -0.497 e. The first-order valence-electron chi connectivity index (χ1n) is 7.21. The Morgan fingerprint density at radius 2 is 1.87 bits per heavy atom. The van der Waals surface area contributed by atoms with Gasteiger partial charge in [0.25, 0.3) is 0 Å². The lowest BCUT2D eigenvalue weighted by Crippen LogP contribution is -2.04. The van der Waals surface area contributed by atoms with E-state index in [1.54, 1.807) is 18.9 Å². The van der Waals surface area contributed by atoms with Gasteiger partial charge in [-0.15, -0.1) is 5.10 Å². The predicted octanol–water partition coefficient (Wildman–Crippen LogP) is 2.41. The Bertz CT molecular complexity index is 814. The lowest BCUT2D eigenvalue weighted by atomic mass is 10.1. The largest absolute Gasteiger partial charge is 0.497 e. The summed E-state index contributed by atoms with van der Waals surface area (Å²) in [5.41, 5.74) is 9.12. The first-order valence-corrected chi connectivity index (χ1v) is 7.21. The average Bonchev–Trinajstić information content (AvgIpc) is 3.05. The van der Waals surface area contributed by atoms with Crippen molar-refractivity contribution in [2.45, 2.75) is 6.54 Å². The van der Waals surface area contributed by atoms with Gasteiger partial charge in [0.1, 0.15) is 22.9 Å². The molecule has 1 heterocycles. The maximum absolute atomic E-state index is 5.84. The number of hydrogen-bond acceptors (Lipinski definition) is 5. The molecule has 2 N–H and O–H groups in total. The molecule has 6 heteroatoms. The molecule has 0 saturated heterocycles. The molecule has 1 aromatic heterocycles. The van der Waals surface area contributed by atoms with E-state index < -0.39 is 0 Å². The lowest BCUT2D eigenvalue weighted by molar-refractivity contribution is 0.411. The number of nitrogens with zero attached hydrogens (tertiary/aromatic N) is 3. The van der Waals surface area contributed by atoms with Gasteiger partial charge in [0.05, 0.1) is 19.9 Å². The Balaban J connectivity index is 2.22. The number of methoxy groups -OCH3 is 2. The van der Waals surface area contributed by atoms with Crippen LogP contribution in [0, 0.1) is 0 Å². The Hall–Kier alpha value is -2.86. The normalized spacial score (nSPS) is 10.6. The topological polar surface area (TPSA) is 75.2 Å². The van der Waals surface area contributed by atoms with Gasteiger partial charge >= 0.3 is 0 Å². The zero-order valence-electron chi connectivity index (χ0n) is 13.1. The van der Waals surface area contributed by atoms with Crippen LogP contribution >= 0.6 is 0 Å². The number of para-hydroxylation sites is 2. The highest BCUT2D eigenvalue weighted by Gasteiger charge is 2.18. The number of rotatable bonds is 5. The molecule has 0 amide bonds. The molecule has 0 bridgehead atoms. The van der Waals surface area contributed by atoms with Gasteiger partial charge in [-0.1, -0.05) is 29.5 Å². The first-order chi connectivity index (χ1) is 11.3. The summed E-state index contributed by atoms with van der Waals surface area (Å²) in [4.78, 5) is 0. The van der Waals surface area contributed by atoms with Gasteiger partial charge in [0, 0.05) is 12.1 Å². The minimum atomic E-state index is 0.293. The smallest absolute Gasteiger partial charge is 0.144 e. The second-order valence-electron chi connectivity index (χ2n) is 4.90. The molecular formula is C17H18N4O2. The second-order valence-corrected chi connectivity index (χ2v) is 4.90. The number of ether oxygens (including phenoxy) is 2. The fourth-order valence-corrected chi connectivity index (χ4v) is 2.48. The van der Waals surface area contributed by atoms with E-state index in [2.05, 4.69) is 10.3 Å². The zero-order valence-corrected chi connectivity index (χ0v) is 13.1. The van der Waals surface area contributed by atoms with Crippen LogP contribution in [0.25, 0.3) is 16.9 Å². The summed E-state index contributed by atoms with van der Waals surface area (Å²) in [6.07, 6.45) is 0. The van der Waals surface area contributed by atoms with Crippen molar-refractivity contribution in [2.24, 2.45) is 5.73 Å². The van der Waals surface area contributed by atoms with E-state index in [0.717, 1.165) is 22.7 Å². The third kappa shape index (κ3) is 2.76. The summed E-state index contributed by atoms with van der Waals surface area (Å²) >= 11 is 0. The quantitative estimate of drug-likeness (QED) is 0.783. The van der Waals surface area contributed by atoms with Crippen LogP contribution < -0.4 is 15.2 Å². The molecule has 118 valence electrons. The number of aromatic nitrogens is 3. The molecule has 0 aliphatic carbocycles. The van der Waals surface area contributed by atoms with E-state index in [9.17, 15) is 0 Å². The molecule has 0 spiro atoms. The summed E-state index contributed by atoms with van der Waals surface area (Å²) in [5.74, 6) is 1.48. The van der Waals surface area contributed by atoms with Crippen molar-refractivity contribution < 1.29 is 9.47 Å². The third-order valence-electron chi connectivity index (χ3n) is 3.59. The molecule has 3 rings (SSSR count). The van der Waals surface area contributed by atoms with E-state index in [0.29, 0.717) is 18.0 Å². The van der Waals surface area contributed by atoms with Crippen molar-refractivity contribution in [3.63, 3.8) is 0 Å². The van der Waals surface area contributed by atoms with Crippen LogP contribution in [0.15, 0.2) is 48.5 Å². The van der Waals surface area contributed by atoms with Gasteiger partial charge in [-0.05, 0) is 24.3 Å². The summed E-state index contributed by atoms with van der Waals surface area (Å²) in [5, 5.41) is 8.47. The molecule has 0 fully saturated rings. The van der Waals surface area contributed by atoms with Gasteiger partial charge in [0.15, 0.2) is 0 Å². The standard InChI is InChI=1S/C17H18N4O2/c1-22-13-7-5-6-12(10-13)17-14(11-18)19-20-21(17)15-8-3-4-9-16(15)23-2/h3-10H,11,18H2,1-2H3. The maximum atomic E-state index is 5.84. The van der Waals surface area contributed by atoms with Crippen LogP contribution in [-0.2, 0) is 6.54 Å². The summed E-state index contributed by atoms with van der Waals surface area (Å²) in [7, 11) is 3.27. The fraction of sp³-hybridized carbons (Fsp3) is 0.176. The van der Waals surface area contributed by atoms with Crippen molar-refractivity contribution in [1.29, 1.82) is 0 Å². The Kier molecular flexibility index (Phi) is 4.25. The average molecular weight is 310 g/mol. The van der Waals surface area contributed by atoms with Gasteiger partial charge in [-0.25, -0.2) is 4.68 Å². The molecule has 0 atom stereocenters. The molecule has 2 aromatic carbocycles. The minimum absolute atomic E-state index is 0.293. The molecule has 3 aromatic rings. The highest BCUT2D eigenvalue weighted by molar-refractivity contribution is 5.67. The van der Waals surface area contributed by atoms with Gasteiger partial charge in [0.2, 0.25) is 0 Å². The lowest BCUT2D eigenvalue weighted by Gasteiger charge is -2.12. The van der Waals surface area contributed by atoms with Crippen LogP contribution in [0.2, 0.25) is 0 Å². The number of hydrogen-bond donors (Lipinski definition) is 1. The van der Waals surface area contributed by atoms with Crippen molar-refractivity contribution >= 4 is 0 Å². The van der Waals surface area contributed by atoms with E-state index in [1.165, 1.54) is 0 Å². The van der Waals surface area contributed by atoms with Crippen LogP contribution in [0.3, 0.4) is 0 Å². The third-order valence-corrected chi connectivity index (χ3v) is 3.59. The fourth-order valence-electron chi connectivity index (χ4n) is 2.48. The molecule has 0 saturated carbocycles. The molecule has 0 aliphatic heterocycles.